The second-order valence-electron chi connectivity index (χ2n) is 7.33. The topological polar surface area (TPSA) is 95.6 Å². The summed E-state index contributed by atoms with van der Waals surface area (Å²) in [7, 11) is -3.75. The third-order valence-corrected chi connectivity index (χ3v) is 6.27. The molecule has 0 saturated carbocycles. The van der Waals surface area contributed by atoms with Gasteiger partial charge in [-0.3, -0.25) is 13.9 Å². The molecule has 0 spiro atoms. The Labute approximate surface area is 178 Å². The molecular formula is C22H29N3O4S. The van der Waals surface area contributed by atoms with Crippen molar-refractivity contribution in [3.8, 4) is 0 Å². The molecule has 2 N–H and O–H groups in total. The molecule has 0 saturated heterocycles. The van der Waals surface area contributed by atoms with Crippen LogP contribution in [-0.2, 0) is 14.8 Å². The Morgan fingerprint density at radius 2 is 1.53 bits per heavy atom. The van der Waals surface area contributed by atoms with Crippen LogP contribution >= 0.6 is 0 Å². The van der Waals surface area contributed by atoms with Crippen LogP contribution < -0.4 is 14.9 Å². The van der Waals surface area contributed by atoms with Gasteiger partial charge in [0.05, 0.1) is 10.6 Å². The zero-order chi connectivity index (χ0) is 22.3. The first-order valence-electron chi connectivity index (χ1n) is 9.93. The van der Waals surface area contributed by atoms with E-state index in [-0.39, 0.29) is 41.8 Å². The number of para-hydroxylation sites is 1. The van der Waals surface area contributed by atoms with E-state index in [0.717, 1.165) is 0 Å². The number of rotatable bonds is 9. The Morgan fingerprint density at radius 1 is 0.933 bits per heavy atom. The summed E-state index contributed by atoms with van der Waals surface area (Å²) in [4.78, 5) is 24.3. The largest absolute Gasteiger partial charge is 0.354 e. The van der Waals surface area contributed by atoms with Crippen LogP contribution in [0.3, 0.4) is 0 Å². The molecule has 0 unspecified atom stereocenters. The minimum Gasteiger partial charge on any atom is -0.354 e. The highest BCUT2D eigenvalue weighted by Crippen LogP contribution is 2.23. The average Bonchev–Trinajstić information content (AvgIpc) is 2.68. The molecular weight excluding hydrogens is 402 g/mol. The summed E-state index contributed by atoms with van der Waals surface area (Å²) in [5.41, 5.74) is 0.906. The third-order valence-electron chi connectivity index (χ3n) is 4.35. The minimum absolute atomic E-state index is 0.0356. The molecule has 30 heavy (non-hydrogen) atoms. The molecule has 162 valence electrons. The van der Waals surface area contributed by atoms with Gasteiger partial charge in [0.2, 0.25) is 5.91 Å². The number of nitrogens with one attached hydrogen (secondary N) is 2. The summed E-state index contributed by atoms with van der Waals surface area (Å²) in [5.74, 6) is -0.501. The van der Waals surface area contributed by atoms with Crippen LogP contribution in [0.1, 0.15) is 44.5 Å². The van der Waals surface area contributed by atoms with Crippen LogP contribution in [-0.4, -0.2) is 38.9 Å². The Morgan fingerprint density at radius 3 is 2.07 bits per heavy atom. The van der Waals surface area contributed by atoms with Gasteiger partial charge in [-0.15, -0.1) is 0 Å². The molecule has 0 aliphatic rings. The van der Waals surface area contributed by atoms with Gasteiger partial charge >= 0.3 is 0 Å². The molecule has 7 nitrogen and oxygen atoms in total. The van der Waals surface area contributed by atoms with Gasteiger partial charge in [0, 0.05) is 30.6 Å². The van der Waals surface area contributed by atoms with Crippen molar-refractivity contribution in [2.45, 2.75) is 51.1 Å². The van der Waals surface area contributed by atoms with Crippen LogP contribution in [0.25, 0.3) is 0 Å². The van der Waals surface area contributed by atoms with Crippen molar-refractivity contribution in [3.63, 3.8) is 0 Å². The molecule has 8 heteroatoms. The summed E-state index contributed by atoms with van der Waals surface area (Å²) >= 11 is 0. The number of carbonyl (C=O) groups is 2. The number of hydrogen-bond donors (Lipinski definition) is 2. The van der Waals surface area contributed by atoms with Crippen molar-refractivity contribution >= 4 is 27.5 Å². The van der Waals surface area contributed by atoms with Gasteiger partial charge in [-0.1, -0.05) is 18.2 Å². The van der Waals surface area contributed by atoms with E-state index in [1.165, 1.54) is 28.6 Å². The monoisotopic (exact) mass is 431 g/mol. The first kappa shape index (κ1) is 23.4. The lowest BCUT2D eigenvalue weighted by Crippen LogP contribution is -2.39. The highest BCUT2D eigenvalue weighted by Gasteiger charge is 2.24. The quantitative estimate of drug-likeness (QED) is 0.638. The normalized spacial score (nSPS) is 12.3. The highest BCUT2D eigenvalue weighted by atomic mass is 32.2. The lowest BCUT2D eigenvalue weighted by atomic mass is 10.1. The van der Waals surface area contributed by atoms with E-state index >= 15 is 0 Å². The summed E-state index contributed by atoms with van der Waals surface area (Å²) in [5, 5.41) is 5.54. The van der Waals surface area contributed by atoms with E-state index in [0.29, 0.717) is 11.3 Å². The lowest BCUT2D eigenvalue weighted by molar-refractivity contribution is -0.121. The Hall–Kier alpha value is -2.87. The molecule has 2 aromatic rings. The van der Waals surface area contributed by atoms with E-state index in [2.05, 4.69) is 10.6 Å². The fourth-order valence-corrected chi connectivity index (χ4v) is 4.48. The summed E-state index contributed by atoms with van der Waals surface area (Å²) in [6.45, 7) is 7.53. The van der Waals surface area contributed by atoms with Gasteiger partial charge in [-0.25, -0.2) is 8.42 Å². The number of nitrogens with zero attached hydrogens (tertiary/aromatic N) is 1. The molecule has 0 bridgehead atoms. The zero-order valence-electron chi connectivity index (χ0n) is 17.8. The summed E-state index contributed by atoms with van der Waals surface area (Å²) in [6.07, 6.45) is 0.166. The van der Waals surface area contributed by atoms with E-state index in [4.69, 9.17) is 0 Å². The second-order valence-corrected chi connectivity index (χ2v) is 9.19. The van der Waals surface area contributed by atoms with Gasteiger partial charge < -0.3 is 10.6 Å². The van der Waals surface area contributed by atoms with Crippen molar-refractivity contribution < 1.29 is 18.0 Å². The maximum absolute atomic E-state index is 13.0. The lowest BCUT2D eigenvalue weighted by Gasteiger charge is -2.23. The van der Waals surface area contributed by atoms with Crippen molar-refractivity contribution in [2.24, 2.45) is 0 Å². The molecule has 0 fully saturated rings. The zero-order valence-corrected chi connectivity index (χ0v) is 18.6. The molecule has 0 heterocycles. The van der Waals surface area contributed by atoms with E-state index in [1.807, 2.05) is 19.9 Å². The van der Waals surface area contributed by atoms with Crippen molar-refractivity contribution in [1.82, 2.24) is 10.6 Å². The SMILES string of the molecule is CCN(c1ccccc1)S(=O)(=O)c1ccc(C(=O)N[C@@H](C)CC(=O)NC(C)C)cc1. The Kier molecular flexibility index (Phi) is 8.00. The van der Waals surface area contributed by atoms with Crippen molar-refractivity contribution in [3.05, 3.63) is 60.2 Å². The van der Waals surface area contributed by atoms with Crippen molar-refractivity contribution in [2.75, 3.05) is 10.8 Å². The van der Waals surface area contributed by atoms with Gasteiger partial charge in [-0.2, -0.15) is 0 Å². The van der Waals surface area contributed by atoms with Gasteiger partial charge in [0.1, 0.15) is 0 Å². The standard InChI is InChI=1S/C22H29N3O4S/c1-5-25(19-9-7-6-8-10-19)30(28,29)20-13-11-18(12-14-20)22(27)24-17(4)15-21(26)23-16(2)3/h6-14,16-17H,5,15H2,1-4H3,(H,23,26)(H,24,27)/t17-/m0/s1. The summed E-state index contributed by atoms with van der Waals surface area (Å²) in [6, 6.07) is 14.3. The van der Waals surface area contributed by atoms with Crippen LogP contribution in [0, 0.1) is 0 Å². The summed E-state index contributed by atoms with van der Waals surface area (Å²) < 4.78 is 27.3. The Balaban J connectivity index is 2.10. The molecule has 2 amide bonds. The fraction of sp³-hybridized carbons (Fsp3) is 0.364. The van der Waals surface area contributed by atoms with Crippen LogP contribution in [0.4, 0.5) is 5.69 Å². The van der Waals surface area contributed by atoms with Gasteiger partial charge in [0.25, 0.3) is 15.9 Å². The predicted octanol–water partition coefficient (Wildman–Crippen LogP) is 2.93. The molecule has 2 aromatic carbocycles. The Bertz CT molecular complexity index is 958. The number of carbonyl (C=O) groups excluding carboxylic acids is 2. The van der Waals surface area contributed by atoms with Crippen molar-refractivity contribution in [1.29, 1.82) is 0 Å². The number of sulfonamides is 1. The first-order chi connectivity index (χ1) is 14.1. The molecule has 0 aliphatic carbocycles. The van der Waals surface area contributed by atoms with Crippen LogP contribution in [0.2, 0.25) is 0 Å². The maximum Gasteiger partial charge on any atom is 0.264 e. The minimum atomic E-state index is -3.75. The van der Waals surface area contributed by atoms with E-state index in [1.54, 1.807) is 38.1 Å². The average molecular weight is 432 g/mol. The second kappa shape index (κ2) is 10.2. The van der Waals surface area contributed by atoms with Crippen LogP contribution in [0.5, 0.6) is 0 Å². The smallest absolute Gasteiger partial charge is 0.264 e. The van der Waals surface area contributed by atoms with E-state index in [9.17, 15) is 18.0 Å². The first-order valence-corrected chi connectivity index (χ1v) is 11.4. The molecule has 0 radical (unpaired) electrons. The molecule has 0 aliphatic heterocycles. The number of anilines is 1. The maximum atomic E-state index is 13.0. The van der Waals surface area contributed by atoms with Gasteiger partial charge in [-0.05, 0) is 64.1 Å². The molecule has 2 rings (SSSR count). The number of benzene rings is 2. The predicted molar refractivity (Wildman–Crippen MR) is 118 cm³/mol. The van der Waals surface area contributed by atoms with Crippen LogP contribution in [0.15, 0.2) is 59.5 Å². The molecule has 0 aromatic heterocycles. The van der Waals surface area contributed by atoms with E-state index < -0.39 is 10.0 Å². The highest BCUT2D eigenvalue weighted by molar-refractivity contribution is 7.92. The number of amides is 2. The third kappa shape index (κ3) is 6.06. The number of hydrogen-bond acceptors (Lipinski definition) is 4. The van der Waals surface area contributed by atoms with Gasteiger partial charge in [0.15, 0.2) is 0 Å². The fourth-order valence-electron chi connectivity index (χ4n) is 3.01. The molecule has 1 atom stereocenters.